The molecular formula is C18H26BrN3O4. The summed E-state index contributed by atoms with van der Waals surface area (Å²) in [6.07, 6.45) is 2.05. The molecule has 0 atom stereocenters. The van der Waals surface area contributed by atoms with Crippen LogP contribution in [0.4, 0.5) is 4.79 Å². The Hall–Kier alpha value is -2.09. The highest BCUT2D eigenvalue weighted by atomic mass is 79.9. The van der Waals surface area contributed by atoms with Crippen LogP contribution < -0.4 is 16.2 Å². The highest BCUT2D eigenvalue weighted by Gasteiger charge is 2.15. The molecular weight excluding hydrogens is 402 g/mol. The molecule has 3 amide bonds. The number of alkyl carbamates (subject to hydrolysis) is 1. The molecule has 0 radical (unpaired) electrons. The number of hydrogen-bond acceptors (Lipinski definition) is 4. The van der Waals surface area contributed by atoms with Crippen molar-refractivity contribution in [3.63, 3.8) is 0 Å². The third-order valence-corrected chi connectivity index (χ3v) is 3.70. The topological polar surface area (TPSA) is 96.5 Å². The number of rotatable bonds is 7. The van der Waals surface area contributed by atoms with Gasteiger partial charge < -0.3 is 10.1 Å². The van der Waals surface area contributed by atoms with E-state index in [2.05, 4.69) is 32.1 Å². The third kappa shape index (κ3) is 10.0. The zero-order valence-corrected chi connectivity index (χ0v) is 16.9. The molecule has 0 spiro atoms. The lowest BCUT2D eigenvalue weighted by Crippen LogP contribution is -2.41. The second-order valence-electron chi connectivity index (χ2n) is 6.75. The summed E-state index contributed by atoms with van der Waals surface area (Å²) in [5, 5.41) is 2.67. The first kappa shape index (κ1) is 22.0. The maximum absolute atomic E-state index is 11.8. The summed E-state index contributed by atoms with van der Waals surface area (Å²) in [4.78, 5) is 35.0. The molecule has 144 valence electrons. The molecule has 0 fully saturated rings. The van der Waals surface area contributed by atoms with Crippen LogP contribution in [0, 0.1) is 0 Å². The summed E-state index contributed by atoms with van der Waals surface area (Å²) in [5.74, 6) is -0.622. The molecule has 0 aliphatic rings. The van der Waals surface area contributed by atoms with E-state index in [1.54, 1.807) is 45.0 Å². The number of hydrazine groups is 1. The maximum Gasteiger partial charge on any atom is 0.407 e. The van der Waals surface area contributed by atoms with Crippen molar-refractivity contribution in [1.29, 1.82) is 0 Å². The number of unbranched alkanes of at least 4 members (excludes halogenated alkanes) is 2. The van der Waals surface area contributed by atoms with E-state index in [1.165, 1.54) is 0 Å². The van der Waals surface area contributed by atoms with Gasteiger partial charge in [-0.15, -0.1) is 0 Å². The molecule has 1 aromatic rings. The van der Waals surface area contributed by atoms with Crippen LogP contribution in [0.1, 0.15) is 56.8 Å². The molecule has 0 saturated heterocycles. The second-order valence-corrected chi connectivity index (χ2v) is 7.66. The minimum absolute atomic E-state index is 0.254. The number of amides is 3. The second kappa shape index (κ2) is 10.8. The molecule has 0 heterocycles. The average molecular weight is 428 g/mol. The van der Waals surface area contributed by atoms with Crippen molar-refractivity contribution < 1.29 is 19.1 Å². The van der Waals surface area contributed by atoms with E-state index in [0.29, 0.717) is 24.9 Å². The van der Waals surface area contributed by atoms with E-state index in [0.717, 1.165) is 17.3 Å². The minimum atomic E-state index is -0.511. The Morgan fingerprint density at radius 3 is 2.27 bits per heavy atom. The molecule has 0 aliphatic heterocycles. The van der Waals surface area contributed by atoms with Crippen molar-refractivity contribution in [2.75, 3.05) is 6.54 Å². The SMILES string of the molecule is CC(C)(C)OC(=O)NCCCCCC(=O)NNC(=O)c1ccc(Br)cc1. The summed E-state index contributed by atoms with van der Waals surface area (Å²) in [6, 6.07) is 6.82. The van der Waals surface area contributed by atoms with Gasteiger partial charge >= 0.3 is 6.09 Å². The molecule has 0 aliphatic carbocycles. The lowest BCUT2D eigenvalue weighted by Gasteiger charge is -2.19. The van der Waals surface area contributed by atoms with Gasteiger partial charge in [-0.05, 0) is 57.9 Å². The molecule has 0 aromatic heterocycles. The van der Waals surface area contributed by atoms with Gasteiger partial charge in [-0.25, -0.2) is 4.79 Å². The van der Waals surface area contributed by atoms with Crippen molar-refractivity contribution in [2.45, 2.75) is 52.1 Å². The molecule has 8 heteroatoms. The van der Waals surface area contributed by atoms with Gasteiger partial charge in [0.1, 0.15) is 5.60 Å². The smallest absolute Gasteiger partial charge is 0.407 e. The molecule has 0 bridgehead atoms. The van der Waals surface area contributed by atoms with Gasteiger partial charge in [-0.2, -0.15) is 0 Å². The first-order valence-electron chi connectivity index (χ1n) is 8.49. The lowest BCUT2D eigenvalue weighted by molar-refractivity contribution is -0.122. The molecule has 7 nitrogen and oxygen atoms in total. The third-order valence-electron chi connectivity index (χ3n) is 3.17. The number of nitrogens with one attached hydrogen (secondary N) is 3. The van der Waals surface area contributed by atoms with Crippen molar-refractivity contribution in [2.24, 2.45) is 0 Å². The number of carbonyl (C=O) groups is 3. The summed E-state index contributed by atoms with van der Waals surface area (Å²) in [7, 11) is 0. The van der Waals surface area contributed by atoms with Crippen LogP contribution in [0.3, 0.4) is 0 Å². The Labute approximate surface area is 162 Å². The highest BCUT2D eigenvalue weighted by molar-refractivity contribution is 9.10. The molecule has 26 heavy (non-hydrogen) atoms. The molecule has 0 saturated carbocycles. The molecule has 1 aromatic carbocycles. The van der Waals surface area contributed by atoms with E-state index in [4.69, 9.17) is 4.74 Å². The first-order chi connectivity index (χ1) is 12.2. The number of ether oxygens (including phenoxy) is 1. The molecule has 1 rings (SSSR count). The fourth-order valence-electron chi connectivity index (χ4n) is 1.95. The van der Waals surface area contributed by atoms with Crippen molar-refractivity contribution in [3.05, 3.63) is 34.3 Å². The summed E-state index contributed by atoms with van der Waals surface area (Å²) in [5.41, 5.74) is 4.72. The van der Waals surface area contributed by atoms with E-state index in [1.807, 2.05) is 0 Å². The number of benzene rings is 1. The van der Waals surface area contributed by atoms with E-state index >= 15 is 0 Å². The van der Waals surface area contributed by atoms with Crippen molar-refractivity contribution in [1.82, 2.24) is 16.2 Å². The number of halogens is 1. The van der Waals surface area contributed by atoms with Crippen LogP contribution >= 0.6 is 15.9 Å². The van der Waals surface area contributed by atoms with Crippen LogP contribution in [-0.4, -0.2) is 30.1 Å². The normalized spacial score (nSPS) is 10.8. The minimum Gasteiger partial charge on any atom is -0.444 e. The largest absolute Gasteiger partial charge is 0.444 e. The van der Waals surface area contributed by atoms with Gasteiger partial charge in [0.2, 0.25) is 5.91 Å². The zero-order chi connectivity index (χ0) is 19.6. The van der Waals surface area contributed by atoms with Gasteiger partial charge in [0.15, 0.2) is 0 Å². The van der Waals surface area contributed by atoms with Gasteiger partial charge in [-0.3, -0.25) is 20.4 Å². The van der Waals surface area contributed by atoms with Crippen molar-refractivity contribution in [3.8, 4) is 0 Å². The first-order valence-corrected chi connectivity index (χ1v) is 9.28. The summed E-state index contributed by atoms with van der Waals surface area (Å²) >= 11 is 3.29. The Morgan fingerprint density at radius 2 is 1.65 bits per heavy atom. The fraction of sp³-hybridized carbons (Fsp3) is 0.500. The Bertz CT molecular complexity index is 612. The highest BCUT2D eigenvalue weighted by Crippen LogP contribution is 2.10. The zero-order valence-electron chi connectivity index (χ0n) is 15.4. The predicted molar refractivity (Wildman–Crippen MR) is 102 cm³/mol. The van der Waals surface area contributed by atoms with E-state index < -0.39 is 11.7 Å². The maximum atomic E-state index is 11.8. The van der Waals surface area contributed by atoms with E-state index in [9.17, 15) is 14.4 Å². The van der Waals surface area contributed by atoms with Crippen LogP contribution in [0.25, 0.3) is 0 Å². The van der Waals surface area contributed by atoms with Gasteiger partial charge in [0.25, 0.3) is 5.91 Å². The fourth-order valence-corrected chi connectivity index (χ4v) is 2.22. The van der Waals surface area contributed by atoms with Crippen LogP contribution in [-0.2, 0) is 9.53 Å². The molecule has 3 N–H and O–H groups in total. The van der Waals surface area contributed by atoms with Gasteiger partial charge in [0.05, 0.1) is 0 Å². The Balaban J connectivity index is 2.09. The van der Waals surface area contributed by atoms with Crippen LogP contribution in [0.15, 0.2) is 28.7 Å². The Kier molecular flexibility index (Phi) is 9.12. The van der Waals surface area contributed by atoms with Crippen molar-refractivity contribution >= 4 is 33.8 Å². The number of hydrogen-bond donors (Lipinski definition) is 3. The van der Waals surface area contributed by atoms with Crippen LogP contribution in [0.5, 0.6) is 0 Å². The summed E-state index contributed by atoms with van der Waals surface area (Å²) < 4.78 is 6.00. The molecule has 0 unspecified atom stereocenters. The quantitative estimate of drug-likeness (QED) is 0.459. The monoisotopic (exact) mass is 427 g/mol. The van der Waals surface area contributed by atoms with E-state index in [-0.39, 0.29) is 11.8 Å². The van der Waals surface area contributed by atoms with Crippen LogP contribution in [0.2, 0.25) is 0 Å². The lowest BCUT2D eigenvalue weighted by atomic mass is 10.2. The standard InChI is InChI=1S/C18H26BrN3O4/c1-18(2,3)26-17(25)20-12-6-4-5-7-15(23)21-22-16(24)13-8-10-14(19)11-9-13/h8-11H,4-7,12H2,1-3H3,(H,20,25)(H,21,23)(H,22,24). The van der Waals surface area contributed by atoms with Gasteiger partial charge in [0, 0.05) is 23.0 Å². The van der Waals surface area contributed by atoms with Gasteiger partial charge in [-0.1, -0.05) is 22.4 Å². The summed E-state index contributed by atoms with van der Waals surface area (Å²) in [6.45, 7) is 5.92. The Morgan fingerprint density at radius 1 is 1.00 bits per heavy atom. The number of carbonyl (C=O) groups excluding carboxylic acids is 3. The average Bonchev–Trinajstić information content (AvgIpc) is 2.54. The predicted octanol–water partition coefficient (Wildman–Crippen LogP) is 3.30.